The maximum absolute atomic E-state index is 8.84. The summed E-state index contributed by atoms with van der Waals surface area (Å²) in [5.74, 6) is -0.244. The van der Waals surface area contributed by atoms with Crippen molar-refractivity contribution in [2.75, 3.05) is 13.1 Å². The molecular weight excluding hydrogens is 188 g/mol. The molecule has 0 bridgehead atoms. The van der Waals surface area contributed by atoms with Crippen molar-refractivity contribution in [1.82, 2.24) is 4.42 Å². The highest BCUT2D eigenvalue weighted by Crippen LogP contribution is 2.29. The van der Waals surface area contributed by atoms with Crippen LogP contribution in [0.15, 0.2) is 0 Å². The first kappa shape index (κ1) is 9.61. The van der Waals surface area contributed by atoms with E-state index in [9.17, 15) is 0 Å². The Bertz CT molecular complexity index is 138. The van der Waals surface area contributed by atoms with Gasteiger partial charge in [0.25, 0.3) is 0 Å². The maximum Gasteiger partial charge on any atom is 0.456 e. The van der Waals surface area contributed by atoms with E-state index >= 15 is 0 Å². The Labute approximate surface area is 76.2 Å². The third-order valence-electron chi connectivity index (χ3n) is 1.93. The van der Waals surface area contributed by atoms with E-state index in [1.807, 2.05) is 0 Å². The molecule has 2 N–H and O–H groups in total. The Morgan fingerprint density at radius 2 is 2.09 bits per heavy atom. The van der Waals surface area contributed by atoms with Gasteiger partial charge in [0.2, 0.25) is 0 Å². The van der Waals surface area contributed by atoms with Gasteiger partial charge in [0.15, 0.2) is 0 Å². The third kappa shape index (κ3) is 2.49. The zero-order chi connectivity index (χ0) is 8.43. The minimum Gasteiger partial charge on any atom is -0.427 e. The maximum atomic E-state index is 8.84. The van der Waals surface area contributed by atoms with Crippen LogP contribution in [0.2, 0.25) is 5.82 Å². The van der Waals surface area contributed by atoms with Crippen LogP contribution < -0.4 is 0 Å². The van der Waals surface area contributed by atoms with Crippen LogP contribution in [0.4, 0.5) is 0 Å². The van der Waals surface area contributed by atoms with E-state index in [1.54, 1.807) is 4.42 Å². The molecule has 6 heteroatoms. The van der Waals surface area contributed by atoms with Crippen molar-refractivity contribution in [2.24, 2.45) is 0 Å². The highest BCUT2D eigenvalue weighted by Gasteiger charge is 2.34. The fraction of sp³-hybridized carbons (Fsp3) is 1.00. The highest BCUT2D eigenvalue weighted by atomic mass is 35.5. The summed E-state index contributed by atoms with van der Waals surface area (Å²) < 4.78 is 1.57. The summed E-state index contributed by atoms with van der Waals surface area (Å²) in [7, 11) is -1.32. The first-order chi connectivity index (χ1) is 5.11. The molecule has 0 radical (unpaired) electrons. The van der Waals surface area contributed by atoms with Gasteiger partial charge >= 0.3 is 7.12 Å². The molecular formula is C5H10BCl2NO2. The van der Waals surface area contributed by atoms with Crippen LogP contribution in [-0.4, -0.2) is 40.1 Å². The molecule has 1 rings (SSSR count). The molecule has 0 aromatic carbocycles. The standard InChI is InChI=1S/C5H10BCl2NO2/c7-5-3-9(8)2-1-4(5)6(10)11/h4-5,10-11H,1-3H2. The second-order valence-corrected chi connectivity index (χ2v) is 3.79. The van der Waals surface area contributed by atoms with Crippen LogP contribution in [-0.2, 0) is 0 Å². The minimum absolute atomic E-state index is 0.244. The van der Waals surface area contributed by atoms with Crippen molar-refractivity contribution in [2.45, 2.75) is 17.6 Å². The van der Waals surface area contributed by atoms with E-state index in [1.165, 1.54) is 0 Å². The molecule has 1 aliphatic heterocycles. The van der Waals surface area contributed by atoms with Gasteiger partial charge in [0, 0.05) is 24.3 Å². The average Bonchev–Trinajstić information content (AvgIpc) is 1.85. The predicted molar refractivity (Wildman–Crippen MR) is 45.6 cm³/mol. The molecule has 2 atom stereocenters. The van der Waals surface area contributed by atoms with E-state index in [0.717, 1.165) is 0 Å². The SMILES string of the molecule is OB(O)C1CCN(Cl)CC1Cl. The summed E-state index contributed by atoms with van der Waals surface area (Å²) in [6.07, 6.45) is 0.634. The van der Waals surface area contributed by atoms with Gasteiger partial charge < -0.3 is 10.0 Å². The number of nitrogens with zero attached hydrogens (tertiary/aromatic N) is 1. The normalized spacial score (nSPS) is 33.8. The lowest BCUT2D eigenvalue weighted by atomic mass is 9.67. The van der Waals surface area contributed by atoms with Crippen LogP contribution in [0.25, 0.3) is 0 Å². The lowest BCUT2D eigenvalue weighted by Gasteiger charge is -2.30. The summed E-state index contributed by atoms with van der Waals surface area (Å²) in [4.78, 5) is 0. The van der Waals surface area contributed by atoms with Gasteiger partial charge in [0.1, 0.15) is 0 Å². The number of alkyl halides is 1. The molecule has 1 saturated heterocycles. The van der Waals surface area contributed by atoms with Gasteiger partial charge in [-0.3, -0.25) is 0 Å². The lowest BCUT2D eigenvalue weighted by Crippen LogP contribution is -2.40. The van der Waals surface area contributed by atoms with E-state index in [4.69, 9.17) is 33.4 Å². The van der Waals surface area contributed by atoms with Crippen molar-refractivity contribution in [3.05, 3.63) is 0 Å². The van der Waals surface area contributed by atoms with E-state index < -0.39 is 7.12 Å². The summed E-state index contributed by atoms with van der Waals surface area (Å²) in [5.41, 5.74) is 0. The Kier molecular flexibility index (Phi) is 3.46. The quantitative estimate of drug-likeness (QED) is 0.361. The molecule has 1 fully saturated rings. The molecule has 1 heterocycles. The van der Waals surface area contributed by atoms with E-state index in [-0.39, 0.29) is 11.2 Å². The lowest BCUT2D eigenvalue weighted by molar-refractivity contribution is 0.315. The van der Waals surface area contributed by atoms with Gasteiger partial charge in [-0.05, 0) is 18.2 Å². The number of halogens is 2. The summed E-state index contributed by atoms with van der Waals surface area (Å²) in [6.45, 7) is 1.17. The largest absolute Gasteiger partial charge is 0.456 e. The second-order valence-electron chi connectivity index (χ2n) is 2.75. The number of rotatable bonds is 1. The molecule has 3 nitrogen and oxygen atoms in total. The van der Waals surface area contributed by atoms with Crippen molar-refractivity contribution in [3.8, 4) is 0 Å². The zero-order valence-electron chi connectivity index (χ0n) is 5.95. The van der Waals surface area contributed by atoms with Crippen LogP contribution in [0.1, 0.15) is 6.42 Å². The molecule has 11 heavy (non-hydrogen) atoms. The Morgan fingerprint density at radius 3 is 2.55 bits per heavy atom. The molecule has 64 valence electrons. The van der Waals surface area contributed by atoms with Crippen molar-refractivity contribution in [3.63, 3.8) is 0 Å². The van der Waals surface area contributed by atoms with Gasteiger partial charge in [-0.1, -0.05) is 0 Å². The smallest absolute Gasteiger partial charge is 0.427 e. The summed E-state index contributed by atoms with van der Waals surface area (Å²) in [6, 6.07) is 0. The third-order valence-corrected chi connectivity index (χ3v) is 2.69. The zero-order valence-corrected chi connectivity index (χ0v) is 7.46. The van der Waals surface area contributed by atoms with Crippen LogP contribution in [0, 0.1) is 0 Å². The molecule has 0 aromatic rings. The summed E-state index contributed by atoms with van der Waals surface area (Å²) >= 11 is 11.5. The van der Waals surface area contributed by atoms with E-state index in [2.05, 4.69) is 0 Å². The molecule has 0 aliphatic carbocycles. The first-order valence-corrected chi connectivity index (χ1v) is 4.29. The molecule has 0 spiro atoms. The van der Waals surface area contributed by atoms with Crippen molar-refractivity contribution >= 4 is 30.5 Å². The molecule has 2 unspecified atom stereocenters. The first-order valence-electron chi connectivity index (χ1n) is 3.52. The van der Waals surface area contributed by atoms with E-state index in [0.29, 0.717) is 19.5 Å². The average molecular weight is 198 g/mol. The Morgan fingerprint density at radius 1 is 1.45 bits per heavy atom. The molecule has 0 saturated carbocycles. The Hall–Kier alpha value is 0.525. The van der Waals surface area contributed by atoms with Gasteiger partial charge in [0.05, 0.1) is 0 Å². The fourth-order valence-electron chi connectivity index (χ4n) is 1.22. The monoisotopic (exact) mass is 197 g/mol. The summed E-state index contributed by atoms with van der Waals surface area (Å²) in [5, 5.41) is 17.4. The van der Waals surface area contributed by atoms with Crippen molar-refractivity contribution in [1.29, 1.82) is 0 Å². The molecule has 0 amide bonds. The van der Waals surface area contributed by atoms with Crippen LogP contribution in [0.5, 0.6) is 0 Å². The minimum atomic E-state index is -1.32. The van der Waals surface area contributed by atoms with Crippen LogP contribution in [0.3, 0.4) is 0 Å². The fourth-order valence-corrected chi connectivity index (χ4v) is 1.96. The molecule has 0 aromatic heterocycles. The second kappa shape index (κ2) is 3.96. The predicted octanol–water partition coefficient (Wildman–Crippen LogP) is 0.296. The van der Waals surface area contributed by atoms with Crippen LogP contribution >= 0.6 is 23.4 Å². The molecule has 1 aliphatic rings. The Balaban J connectivity index is 2.44. The van der Waals surface area contributed by atoms with Crippen molar-refractivity contribution < 1.29 is 10.0 Å². The number of piperidine rings is 1. The topological polar surface area (TPSA) is 43.7 Å². The highest BCUT2D eigenvalue weighted by molar-refractivity contribution is 6.46. The number of hydrogen-bond donors (Lipinski definition) is 2. The number of hydrogen-bond acceptors (Lipinski definition) is 3. The van der Waals surface area contributed by atoms with Gasteiger partial charge in [-0.25, -0.2) is 4.42 Å². The van der Waals surface area contributed by atoms with Gasteiger partial charge in [-0.15, -0.1) is 11.6 Å². The van der Waals surface area contributed by atoms with Gasteiger partial charge in [-0.2, -0.15) is 0 Å².